The molecule has 0 unspecified atom stereocenters. The van der Waals surface area contributed by atoms with Gasteiger partial charge in [0.25, 0.3) is 0 Å². The maximum atomic E-state index is 4.64. The van der Waals surface area contributed by atoms with Crippen molar-refractivity contribution in [2.75, 3.05) is 23.3 Å². The van der Waals surface area contributed by atoms with Crippen LogP contribution < -0.4 is 10.2 Å². The monoisotopic (exact) mass is 264 g/mol. The van der Waals surface area contributed by atoms with Gasteiger partial charge in [0.15, 0.2) is 0 Å². The van der Waals surface area contributed by atoms with E-state index in [-0.39, 0.29) is 0 Å². The van der Waals surface area contributed by atoms with Crippen LogP contribution in [-0.2, 0) is 0 Å². The van der Waals surface area contributed by atoms with Gasteiger partial charge in [0, 0.05) is 13.1 Å². The summed E-state index contributed by atoms with van der Waals surface area (Å²) in [5.41, 5.74) is 5.70. The normalized spacial score (nSPS) is 14.2. The highest BCUT2D eigenvalue weighted by Crippen LogP contribution is 2.37. The number of hydrogen-bond donors (Lipinski definition) is 2. The van der Waals surface area contributed by atoms with E-state index < -0.39 is 0 Å². The summed E-state index contributed by atoms with van der Waals surface area (Å²) in [4.78, 5) is 10.3. The van der Waals surface area contributed by atoms with Crippen molar-refractivity contribution in [3.63, 3.8) is 0 Å². The number of fused-ring (bicyclic) bond motifs is 2. The van der Waals surface area contributed by atoms with Gasteiger partial charge in [-0.1, -0.05) is 18.2 Å². The zero-order valence-electron chi connectivity index (χ0n) is 11.4. The van der Waals surface area contributed by atoms with E-state index in [0.29, 0.717) is 0 Å². The number of nitrogens with one attached hydrogen (secondary N) is 2. The van der Waals surface area contributed by atoms with Gasteiger partial charge in [-0.05, 0) is 31.2 Å². The molecule has 20 heavy (non-hydrogen) atoms. The Kier molecular flexibility index (Phi) is 2.42. The van der Waals surface area contributed by atoms with Crippen LogP contribution in [0.2, 0.25) is 0 Å². The number of H-pyrrole nitrogens is 1. The Morgan fingerprint density at radius 3 is 2.85 bits per heavy atom. The molecule has 1 aliphatic rings. The summed E-state index contributed by atoms with van der Waals surface area (Å²) in [6, 6.07) is 14.7. The van der Waals surface area contributed by atoms with Crippen LogP contribution in [-0.4, -0.2) is 23.1 Å². The lowest BCUT2D eigenvalue weighted by molar-refractivity contribution is 0.929. The second kappa shape index (κ2) is 4.27. The third-order valence-electron chi connectivity index (χ3n) is 3.75. The molecule has 0 fully saturated rings. The second-order valence-corrected chi connectivity index (χ2v) is 5.09. The molecule has 4 nitrogen and oxygen atoms in total. The molecule has 0 bridgehead atoms. The Labute approximate surface area is 117 Å². The summed E-state index contributed by atoms with van der Waals surface area (Å²) in [5.74, 6) is 0.955. The minimum absolute atomic E-state index is 0.941. The number of aromatic amines is 1. The summed E-state index contributed by atoms with van der Waals surface area (Å²) in [6.45, 7) is 3.88. The topological polar surface area (TPSA) is 44.0 Å². The van der Waals surface area contributed by atoms with Gasteiger partial charge >= 0.3 is 0 Å². The standard InChI is InChI=1S/C16H16N4/c1-11-18-13-6-4-8-15(16(13)19-11)20-10-9-17-12-5-2-3-7-14(12)20/h2-8,17H,9-10H2,1H3,(H,18,19). The molecule has 0 saturated carbocycles. The van der Waals surface area contributed by atoms with Crippen molar-refractivity contribution in [1.82, 2.24) is 9.97 Å². The molecule has 1 aromatic heterocycles. The highest BCUT2D eigenvalue weighted by molar-refractivity contribution is 5.93. The molecule has 4 rings (SSSR count). The number of rotatable bonds is 1. The quantitative estimate of drug-likeness (QED) is 0.707. The molecule has 4 heteroatoms. The molecule has 2 heterocycles. The Morgan fingerprint density at radius 1 is 1.05 bits per heavy atom. The molecule has 2 aromatic carbocycles. The van der Waals surface area contributed by atoms with Crippen LogP contribution in [0.15, 0.2) is 42.5 Å². The molecule has 0 spiro atoms. The van der Waals surface area contributed by atoms with Gasteiger partial charge in [0.1, 0.15) is 11.3 Å². The average Bonchev–Trinajstić information content (AvgIpc) is 2.87. The number of benzene rings is 2. The molecule has 0 aliphatic carbocycles. The lowest BCUT2D eigenvalue weighted by Gasteiger charge is -2.32. The number of imidazole rings is 1. The maximum absolute atomic E-state index is 4.64. The predicted octanol–water partition coefficient (Wildman–Crippen LogP) is 3.43. The average molecular weight is 264 g/mol. The van der Waals surface area contributed by atoms with Crippen molar-refractivity contribution >= 4 is 28.1 Å². The molecule has 2 N–H and O–H groups in total. The molecule has 1 aliphatic heterocycles. The summed E-state index contributed by atoms with van der Waals surface area (Å²) >= 11 is 0. The Balaban J connectivity index is 1.92. The van der Waals surface area contributed by atoms with Crippen molar-refractivity contribution in [1.29, 1.82) is 0 Å². The minimum atomic E-state index is 0.941. The van der Waals surface area contributed by atoms with Gasteiger partial charge in [0.2, 0.25) is 0 Å². The van der Waals surface area contributed by atoms with Crippen LogP contribution in [0.1, 0.15) is 5.82 Å². The van der Waals surface area contributed by atoms with Gasteiger partial charge in [0.05, 0.1) is 22.6 Å². The first-order chi connectivity index (χ1) is 9.83. The number of aryl methyl sites for hydroxylation is 1. The van der Waals surface area contributed by atoms with E-state index in [1.54, 1.807) is 0 Å². The predicted molar refractivity (Wildman–Crippen MR) is 82.8 cm³/mol. The summed E-state index contributed by atoms with van der Waals surface area (Å²) in [5, 5.41) is 3.45. The number of para-hydroxylation sites is 3. The van der Waals surface area contributed by atoms with E-state index in [0.717, 1.165) is 29.9 Å². The van der Waals surface area contributed by atoms with E-state index in [1.807, 2.05) is 6.92 Å². The van der Waals surface area contributed by atoms with Crippen LogP contribution in [0.25, 0.3) is 11.0 Å². The van der Waals surface area contributed by atoms with Gasteiger partial charge in [-0.2, -0.15) is 0 Å². The second-order valence-electron chi connectivity index (χ2n) is 5.09. The zero-order chi connectivity index (χ0) is 13.5. The molecule has 0 radical (unpaired) electrons. The lowest BCUT2D eigenvalue weighted by atomic mass is 10.1. The van der Waals surface area contributed by atoms with Crippen LogP contribution in [0.3, 0.4) is 0 Å². The fraction of sp³-hybridized carbons (Fsp3) is 0.188. The molecule has 0 amide bonds. The third-order valence-corrected chi connectivity index (χ3v) is 3.75. The minimum Gasteiger partial charge on any atom is -0.382 e. The fourth-order valence-corrected chi connectivity index (χ4v) is 2.89. The van der Waals surface area contributed by atoms with Crippen molar-refractivity contribution in [2.24, 2.45) is 0 Å². The zero-order valence-corrected chi connectivity index (χ0v) is 11.4. The van der Waals surface area contributed by atoms with Crippen molar-refractivity contribution < 1.29 is 0 Å². The first kappa shape index (κ1) is 11.3. The van der Waals surface area contributed by atoms with Crippen LogP contribution >= 0.6 is 0 Å². The molecule has 0 saturated heterocycles. The molecular weight excluding hydrogens is 248 g/mol. The molecule has 100 valence electrons. The first-order valence-corrected chi connectivity index (χ1v) is 6.89. The summed E-state index contributed by atoms with van der Waals surface area (Å²) in [7, 11) is 0. The van der Waals surface area contributed by atoms with Crippen molar-refractivity contribution in [3.05, 3.63) is 48.3 Å². The van der Waals surface area contributed by atoms with Gasteiger partial charge in [-0.15, -0.1) is 0 Å². The van der Waals surface area contributed by atoms with Crippen LogP contribution in [0, 0.1) is 6.92 Å². The smallest absolute Gasteiger partial charge is 0.112 e. The third kappa shape index (κ3) is 1.65. The number of nitrogens with zero attached hydrogens (tertiary/aromatic N) is 2. The molecule has 3 aromatic rings. The van der Waals surface area contributed by atoms with Gasteiger partial charge in [-0.25, -0.2) is 4.98 Å². The molecule has 0 atom stereocenters. The van der Waals surface area contributed by atoms with Crippen LogP contribution in [0.4, 0.5) is 17.1 Å². The number of hydrogen-bond acceptors (Lipinski definition) is 3. The number of anilines is 3. The SMILES string of the molecule is Cc1nc2c(N3CCNc4ccccc43)cccc2[nH]1. The largest absolute Gasteiger partial charge is 0.382 e. The summed E-state index contributed by atoms with van der Waals surface area (Å²) < 4.78 is 0. The van der Waals surface area contributed by atoms with Gasteiger partial charge in [-0.3, -0.25) is 0 Å². The Morgan fingerprint density at radius 2 is 1.90 bits per heavy atom. The van der Waals surface area contributed by atoms with Crippen molar-refractivity contribution in [2.45, 2.75) is 6.92 Å². The first-order valence-electron chi connectivity index (χ1n) is 6.89. The Bertz CT molecular complexity index is 775. The highest BCUT2D eigenvalue weighted by Gasteiger charge is 2.20. The van der Waals surface area contributed by atoms with E-state index in [1.165, 1.54) is 17.1 Å². The highest BCUT2D eigenvalue weighted by atomic mass is 15.2. The van der Waals surface area contributed by atoms with E-state index in [2.05, 4.69) is 62.6 Å². The van der Waals surface area contributed by atoms with E-state index >= 15 is 0 Å². The van der Waals surface area contributed by atoms with Crippen LogP contribution in [0.5, 0.6) is 0 Å². The lowest BCUT2D eigenvalue weighted by Crippen LogP contribution is -2.30. The van der Waals surface area contributed by atoms with E-state index in [4.69, 9.17) is 0 Å². The van der Waals surface area contributed by atoms with Crippen molar-refractivity contribution in [3.8, 4) is 0 Å². The fourth-order valence-electron chi connectivity index (χ4n) is 2.89. The Hall–Kier alpha value is -2.49. The maximum Gasteiger partial charge on any atom is 0.112 e. The number of aromatic nitrogens is 2. The molecular formula is C16H16N4. The summed E-state index contributed by atoms with van der Waals surface area (Å²) in [6.07, 6.45) is 0. The van der Waals surface area contributed by atoms with Gasteiger partial charge < -0.3 is 15.2 Å². The van der Waals surface area contributed by atoms with E-state index in [9.17, 15) is 0 Å².